The second kappa shape index (κ2) is 8.81. The van der Waals surface area contributed by atoms with Crippen LogP contribution >= 0.6 is 11.3 Å². The Morgan fingerprint density at radius 3 is 1.57 bits per heavy atom. The van der Waals surface area contributed by atoms with Crippen molar-refractivity contribution in [2.75, 3.05) is 0 Å². The highest BCUT2D eigenvalue weighted by atomic mass is 32.1. The maximum atomic E-state index is 2.37. The van der Waals surface area contributed by atoms with Crippen molar-refractivity contribution in [3.05, 3.63) is 145 Å². The molecule has 0 spiro atoms. The smallest absolute Gasteiger partial charge is 0.0362 e. The Morgan fingerprint density at radius 1 is 0.348 bits per heavy atom. The Hall–Kier alpha value is -5.50. The Kier molecular flexibility index (Phi) is 4.75. The van der Waals surface area contributed by atoms with Crippen LogP contribution in [-0.4, -0.2) is 0 Å². The summed E-state index contributed by atoms with van der Waals surface area (Å²) in [5, 5.41) is 18.8. The van der Waals surface area contributed by atoms with Crippen molar-refractivity contribution in [1.29, 1.82) is 0 Å². The standard InChI is InChI=1S/C45H26S/c1-25-11-21-40-44-31(25)16-18-38-33(20-22-41(46-40)45(38)44)30-15-13-27-23-29(14-12-28(27)24-30)32-17-19-39-36-8-3-6-26-5-2-7-35(42(26)36)37-10-4-9-34(32)43(37)39/h2-24H,1H3. The first-order valence-electron chi connectivity index (χ1n) is 16.0. The van der Waals surface area contributed by atoms with Crippen LogP contribution in [0.15, 0.2) is 140 Å². The minimum absolute atomic E-state index is 1.26. The fourth-order valence-corrected chi connectivity index (χ4v) is 9.53. The van der Waals surface area contributed by atoms with Crippen LogP contribution in [0.5, 0.6) is 0 Å². The van der Waals surface area contributed by atoms with Crippen LogP contribution in [0.3, 0.4) is 0 Å². The van der Waals surface area contributed by atoms with E-state index in [4.69, 9.17) is 0 Å². The third-order valence-corrected chi connectivity index (χ3v) is 11.6. The van der Waals surface area contributed by atoms with Crippen molar-refractivity contribution >= 4 is 96.1 Å². The van der Waals surface area contributed by atoms with Gasteiger partial charge in [-0.3, -0.25) is 0 Å². The minimum atomic E-state index is 1.26. The summed E-state index contributed by atoms with van der Waals surface area (Å²) >= 11 is 1.91. The van der Waals surface area contributed by atoms with Gasteiger partial charge in [0.15, 0.2) is 0 Å². The number of hydrogen-bond donors (Lipinski definition) is 0. The maximum Gasteiger partial charge on any atom is 0.0362 e. The summed E-state index contributed by atoms with van der Waals surface area (Å²) in [7, 11) is 0. The van der Waals surface area contributed by atoms with Crippen molar-refractivity contribution in [1.82, 2.24) is 0 Å². The normalized spacial score (nSPS) is 12.5. The molecule has 0 nitrogen and oxygen atoms in total. The quantitative estimate of drug-likeness (QED) is 0.137. The molecule has 10 aromatic carbocycles. The topological polar surface area (TPSA) is 0 Å². The van der Waals surface area contributed by atoms with Gasteiger partial charge in [-0.2, -0.15) is 0 Å². The Bertz CT molecular complexity index is 2980. The molecular formula is C45H26S. The van der Waals surface area contributed by atoms with Gasteiger partial charge in [-0.25, -0.2) is 0 Å². The van der Waals surface area contributed by atoms with E-state index in [2.05, 4.69) is 146 Å². The van der Waals surface area contributed by atoms with Gasteiger partial charge >= 0.3 is 0 Å². The van der Waals surface area contributed by atoms with E-state index in [0.29, 0.717) is 0 Å². The van der Waals surface area contributed by atoms with Crippen LogP contribution in [0.4, 0.5) is 0 Å². The van der Waals surface area contributed by atoms with Gasteiger partial charge in [0, 0.05) is 20.2 Å². The molecule has 0 aliphatic heterocycles. The molecule has 1 heteroatoms. The summed E-state index contributed by atoms with van der Waals surface area (Å²) in [4.78, 5) is 0. The number of benzene rings is 10. The first kappa shape index (κ1) is 24.8. The molecule has 46 heavy (non-hydrogen) atoms. The highest BCUT2D eigenvalue weighted by molar-refractivity contribution is 7.26. The number of rotatable bonds is 2. The molecule has 0 aliphatic carbocycles. The third kappa shape index (κ3) is 3.18. The molecule has 0 N–H and O–H groups in total. The zero-order valence-corrected chi connectivity index (χ0v) is 26.0. The molecule has 212 valence electrons. The zero-order chi connectivity index (χ0) is 30.1. The molecule has 0 bridgehead atoms. The molecule has 0 aliphatic rings. The predicted molar refractivity (Wildman–Crippen MR) is 202 cm³/mol. The van der Waals surface area contributed by atoms with Crippen LogP contribution in [0.25, 0.3) is 107 Å². The van der Waals surface area contributed by atoms with E-state index in [1.165, 1.54) is 113 Å². The Balaban J connectivity index is 1.08. The molecule has 1 heterocycles. The molecule has 11 rings (SSSR count). The molecule has 1 aromatic heterocycles. The average Bonchev–Trinajstić information content (AvgIpc) is 3.49. The van der Waals surface area contributed by atoms with Gasteiger partial charge in [0.25, 0.3) is 0 Å². The second-order valence-corrected chi connectivity index (χ2v) is 14.0. The van der Waals surface area contributed by atoms with Crippen LogP contribution in [0, 0.1) is 6.92 Å². The number of fused-ring (bicyclic) bond motifs is 3. The summed E-state index contributed by atoms with van der Waals surface area (Å²) in [6.45, 7) is 2.22. The van der Waals surface area contributed by atoms with Gasteiger partial charge in [0.2, 0.25) is 0 Å². The van der Waals surface area contributed by atoms with Crippen molar-refractivity contribution in [2.45, 2.75) is 6.92 Å². The Morgan fingerprint density at radius 2 is 0.848 bits per heavy atom. The third-order valence-electron chi connectivity index (χ3n) is 10.5. The summed E-state index contributed by atoms with van der Waals surface area (Å²) in [5.41, 5.74) is 6.47. The second-order valence-electron chi connectivity index (χ2n) is 12.9. The molecule has 0 radical (unpaired) electrons. The fourth-order valence-electron chi connectivity index (χ4n) is 8.39. The first-order valence-corrected chi connectivity index (χ1v) is 16.8. The lowest BCUT2D eigenvalue weighted by molar-refractivity contribution is 1.55. The molecule has 0 unspecified atom stereocenters. The number of hydrogen-bond acceptors (Lipinski definition) is 1. The number of thiophene rings is 1. The van der Waals surface area contributed by atoms with E-state index in [9.17, 15) is 0 Å². The fraction of sp³-hybridized carbons (Fsp3) is 0.0222. The monoisotopic (exact) mass is 598 g/mol. The first-order chi connectivity index (χ1) is 22.7. The average molecular weight is 599 g/mol. The Labute approximate surface area is 269 Å². The van der Waals surface area contributed by atoms with Crippen molar-refractivity contribution in [3.8, 4) is 22.3 Å². The summed E-state index contributed by atoms with van der Waals surface area (Å²) < 4.78 is 2.75. The lowest BCUT2D eigenvalue weighted by Crippen LogP contribution is -1.89. The van der Waals surface area contributed by atoms with Crippen molar-refractivity contribution in [3.63, 3.8) is 0 Å². The lowest BCUT2D eigenvalue weighted by Gasteiger charge is -2.17. The maximum absolute atomic E-state index is 2.37. The van der Waals surface area contributed by atoms with Gasteiger partial charge in [0.1, 0.15) is 0 Å². The van der Waals surface area contributed by atoms with Crippen molar-refractivity contribution < 1.29 is 0 Å². The van der Waals surface area contributed by atoms with Gasteiger partial charge in [0.05, 0.1) is 0 Å². The van der Waals surface area contributed by atoms with E-state index in [1.807, 2.05) is 11.3 Å². The van der Waals surface area contributed by atoms with Gasteiger partial charge in [-0.05, 0) is 124 Å². The van der Waals surface area contributed by atoms with Gasteiger partial charge in [-0.1, -0.05) is 115 Å². The van der Waals surface area contributed by atoms with E-state index >= 15 is 0 Å². The van der Waals surface area contributed by atoms with Crippen LogP contribution < -0.4 is 0 Å². The predicted octanol–water partition coefficient (Wildman–Crippen LogP) is 13.5. The molecule has 0 amide bonds. The molecule has 0 atom stereocenters. The molecule has 0 fully saturated rings. The van der Waals surface area contributed by atoms with E-state index < -0.39 is 0 Å². The lowest BCUT2D eigenvalue weighted by atomic mass is 9.87. The van der Waals surface area contributed by atoms with E-state index in [-0.39, 0.29) is 0 Å². The highest BCUT2D eigenvalue weighted by Crippen LogP contribution is 2.46. The van der Waals surface area contributed by atoms with Crippen LogP contribution in [0.2, 0.25) is 0 Å². The molecule has 11 aromatic rings. The molecule has 0 saturated carbocycles. The highest BCUT2D eigenvalue weighted by Gasteiger charge is 2.17. The SMILES string of the molecule is Cc1ccc2sc3ccc(-c4ccc5cc(-c6ccc7c8cccc9cccc(c%10cccc6c%107)c98)ccc5c4)c4ccc1c2c34. The summed E-state index contributed by atoms with van der Waals surface area (Å²) in [6, 6.07) is 52.7. The van der Waals surface area contributed by atoms with Gasteiger partial charge < -0.3 is 0 Å². The van der Waals surface area contributed by atoms with Gasteiger partial charge in [-0.15, -0.1) is 11.3 Å². The number of aryl methyl sites for hydroxylation is 1. The largest absolute Gasteiger partial charge is 0.135 e. The minimum Gasteiger partial charge on any atom is -0.135 e. The van der Waals surface area contributed by atoms with Crippen molar-refractivity contribution in [2.24, 2.45) is 0 Å². The molecular weight excluding hydrogens is 573 g/mol. The van der Waals surface area contributed by atoms with E-state index in [1.54, 1.807) is 0 Å². The van der Waals surface area contributed by atoms with E-state index in [0.717, 1.165) is 0 Å². The summed E-state index contributed by atoms with van der Waals surface area (Å²) in [5.74, 6) is 0. The molecule has 0 saturated heterocycles. The van der Waals surface area contributed by atoms with Crippen LogP contribution in [-0.2, 0) is 0 Å². The summed E-state index contributed by atoms with van der Waals surface area (Å²) in [6.07, 6.45) is 0. The van der Waals surface area contributed by atoms with Crippen LogP contribution in [0.1, 0.15) is 5.56 Å². The zero-order valence-electron chi connectivity index (χ0n) is 25.2.